The molecule has 12 N–H and O–H groups in total. The second-order valence-electron chi connectivity index (χ2n) is 2.58. The number of hydrogen-bond donors (Lipinski definition) is 8. The number of anilines is 2. The second kappa shape index (κ2) is 6.30. The van der Waals surface area contributed by atoms with E-state index in [4.69, 9.17) is 23.2 Å². The Kier molecular flexibility index (Phi) is 4.46. The van der Waals surface area contributed by atoms with E-state index in [0.717, 1.165) is 0 Å². The highest BCUT2D eigenvalue weighted by Gasteiger charge is 2.00. The second-order valence-corrected chi connectivity index (χ2v) is 2.58. The normalized spacial score (nSPS) is 11.8. The van der Waals surface area contributed by atoms with Gasteiger partial charge in [-0.3, -0.25) is 21.7 Å². The summed E-state index contributed by atoms with van der Waals surface area (Å²) in [5, 5.41) is 20.8. The number of aromatic nitrogens is 4. The van der Waals surface area contributed by atoms with E-state index in [1.165, 1.54) is 0 Å². The van der Waals surface area contributed by atoms with Crippen LogP contribution in [0.5, 0.6) is 0 Å². The first-order valence-corrected chi connectivity index (χ1v) is 4.34. The third kappa shape index (κ3) is 4.04. The molecular weight excluding hydrogens is 244 g/mol. The van der Waals surface area contributed by atoms with E-state index in [9.17, 15) is 0 Å². The van der Waals surface area contributed by atoms with Crippen LogP contribution in [0.15, 0.2) is 10.2 Å². The Balaban J connectivity index is 2.47. The molecule has 0 aliphatic carbocycles. The first-order chi connectivity index (χ1) is 8.65. The summed E-state index contributed by atoms with van der Waals surface area (Å²) in [6.07, 6.45) is 0. The van der Waals surface area contributed by atoms with Gasteiger partial charge in [0, 0.05) is 0 Å². The van der Waals surface area contributed by atoms with Crippen molar-refractivity contribution in [2.75, 3.05) is 10.9 Å². The minimum Gasteiger partial charge on any atom is -0.367 e. The molecule has 0 aliphatic rings. The zero-order valence-corrected chi connectivity index (χ0v) is 8.99. The highest BCUT2D eigenvalue weighted by atomic mass is 15.5. The zero-order valence-electron chi connectivity index (χ0n) is 8.99. The minimum atomic E-state index is -0.0607. The molecule has 0 fully saturated rings. The number of nitrogens with two attached hydrogens (primary N) is 4. The number of hydrazone groups is 2. The summed E-state index contributed by atoms with van der Waals surface area (Å²) < 4.78 is 0. The Labute approximate surface area is 100 Å². The lowest BCUT2D eigenvalue weighted by Gasteiger charge is -2.06. The highest BCUT2D eigenvalue weighted by Crippen LogP contribution is 1.92. The van der Waals surface area contributed by atoms with Gasteiger partial charge in [0.1, 0.15) is 0 Å². The average Bonchev–Trinajstić information content (AvgIpc) is 2.43. The van der Waals surface area contributed by atoms with E-state index in [1.54, 1.807) is 0 Å². The van der Waals surface area contributed by atoms with Crippen molar-refractivity contribution in [1.29, 1.82) is 0 Å². The van der Waals surface area contributed by atoms with E-state index >= 15 is 0 Å². The van der Waals surface area contributed by atoms with Crippen LogP contribution in [-0.2, 0) is 0 Å². The Morgan fingerprint density at radius 3 is 1.39 bits per heavy atom. The Bertz CT molecular complexity index is 377. The van der Waals surface area contributed by atoms with Gasteiger partial charge in [0.05, 0.1) is 0 Å². The summed E-state index contributed by atoms with van der Waals surface area (Å²) in [7, 11) is 0. The molecule has 1 aromatic rings. The van der Waals surface area contributed by atoms with Gasteiger partial charge in [-0.2, -0.15) is 0 Å². The van der Waals surface area contributed by atoms with Crippen molar-refractivity contribution in [1.82, 2.24) is 31.2 Å². The van der Waals surface area contributed by atoms with Crippen LogP contribution < -0.4 is 44.9 Å². The van der Waals surface area contributed by atoms with Crippen molar-refractivity contribution in [3.8, 4) is 0 Å². The largest absolute Gasteiger partial charge is 0.367 e. The zero-order chi connectivity index (χ0) is 13.4. The molecular formula is C4H12N14. The third-order valence-electron chi connectivity index (χ3n) is 1.36. The number of guanidine groups is 2. The van der Waals surface area contributed by atoms with Crippen LogP contribution in [0.25, 0.3) is 0 Å². The molecule has 1 rings (SSSR count). The summed E-state index contributed by atoms with van der Waals surface area (Å²) in [4.78, 5) is 0. The van der Waals surface area contributed by atoms with Crippen LogP contribution in [0.3, 0.4) is 0 Å². The van der Waals surface area contributed by atoms with Gasteiger partial charge < -0.3 is 23.2 Å². The van der Waals surface area contributed by atoms with Gasteiger partial charge in [0.15, 0.2) is 0 Å². The molecule has 0 amide bonds. The lowest BCUT2D eigenvalue weighted by Crippen LogP contribution is -2.38. The van der Waals surface area contributed by atoms with Crippen molar-refractivity contribution in [2.45, 2.75) is 0 Å². The third-order valence-corrected chi connectivity index (χ3v) is 1.36. The molecule has 0 aromatic carbocycles. The van der Waals surface area contributed by atoms with E-state index in [2.05, 4.69) is 52.3 Å². The number of hydrazine groups is 2. The van der Waals surface area contributed by atoms with E-state index in [-0.39, 0.29) is 23.8 Å². The molecule has 0 saturated heterocycles. The molecule has 14 heteroatoms. The van der Waals surface area contributed by atoms with Gasteiger partial charge >= 0.3 is 0 Å². The molecule has 0 atom stereocenters. The molecule has 18 heavy (non-hydrogen) atoms. The number of hydrogen-bond acceptors (Lipinski definition) is 10. The summed E-state index contributed by atoms with van der Waals surface area (Å²) in [6.45, 7) is 0. The predicted molar refractivity (Wildman–Crippen MR) is 62.8 cm³/mol. The van der Waals surface area contributed by atoms with E-state index in [0.29, 0.717) is 0 Å². The van der Waals surface area contributed by atoms with Crippen LogP contribution in [-0.4, -0.2) is 32.3 Å². The standard InChI is InChI=1S/C4H12N14/c5-1(9-7)11-13-3-15-17-4(18-16-3)14-12-2(6)10-8/h7-8H2,(H3,5,9,11)(H3,6,10,12)(H,13,15,16)(H,14,17,18). The predicted octanol–water partition coefficient (Wildman–Crippen LogP) is -4.52. The van der Waals surface area contributed by atoms with Crippen molar-refractivity contribution >= 4 is 23.8 Å². The molecule has 0 radical (unpaired) electrons. The maximum Gasteiger partial charge on any atom is 0.280 e. The summed E-state index contributed by atoms with van der Waals surface area (Å²) in [5.41, 5.74) is 20.1. The van der Waals surface area contributed by atoms with Crippen LogP contribution in [0.1, 0.15) is 0 Å². The molecule has 98 valence electrons. The fourth-order valence-corrected chi connectivity index (χ4v) is 0.634. The van der Waals surface area contributed by atoms with Crippen molar-refractivity contribution in [3.63, 3.8) is 0 Å². The van der Waals surface area contributed by atoms with Crippen LogP contribution in [0, 0.1) is 0 Å². The van der Waals surface area contributed by atoms with Gasteiger partial charge in [0.2, 0.25) is 11.9 Å². The molecule has 0 saturated carbocycles. The Morgan fingerprint density at radius 2 is 1.11 bits per heavy atom. The fourth-order valence-electron chi connectivity index (χ4n) is 0.634. The molecule has 0 unspecified atom stereocenters. The topological polar surface area (TPSA) is 228 Å². The van der Waals surface area contributed by atoms with Crippen LogP contribution in [0.4, 0.5) is 11.9 Å². The average molecular weight is 256 g/mol. The minimum absolute atomic E-state index is 0.0487. The number of rotatable bonds is 4. The van der Waals surface area contributed by atoms with Crippen molar-refractivity contribution < 1.29 is 0 Å². The van der Waals surface area contributed by atoms with Crippen LogP contribution in [0.2, 0.25) is 0 Å². The molecule has 0 spiro atoms. The first-order valence-electron chi connectivity index (χ1n) is 4.34. The van der Waals surface area contributed by atoms with Gasteiger partial charge in [0.25, 0.3) is 11.9 Å². The summed E-state index contributed by atoms with van der Waals surface area (Å²) >= 11 is 0. The summed E-state index contributed by atoms with van der Waals surface area (Å²) in [6, 6.07) is 0. The number of nitrogens with zero attached hydrogens (tertiary/aromatic N) is 6. The van der Waals surface area contributed by atoms with Crippen molar-refractivity contribution in [2.24, 2.45) is 33.4 Å². The van der Waals surface area contributed by atoms with Gasteiger partial charge in [-0.15, -0.1) is 30.6 Å². The van der Waals surface area contributed by atoms with Gasteiger partial charge in [-0.1, -0.05) is 0 Å². The molecule has 0 aliphatic heterocycles. The van der Waals surface area contributed by atoms with Crippen molar-refractivity contribution in [3.05, 3.63) is 0 Å². The molecule has 1 heterocycles. The molecule has 0 bridgehead atoms. The maximum absolute atomic E-state index is 5.24. The lowest BCUT2D eigenvalue weighted by atomic mass is 11.0. The van der Waals surface area contributed by atoms with Gasteiger partial charge in [-0.25, -0.2) is 0 Å². The van der Waals surface area contributed by atoms with E-state index in [1.807, 2.05) is 0 Å². The maximum atomic E-state index is 5.24. The first kappa shape index (κ1) is 12.7. The van der Waals surface area contributed by atoms with Crippen LogP contribution >= 0.6 is 0 Å². The number of nitrogens with one attached hydrogen (secondary N) is 4. The van der Waals surface area contributed by atoms with Gasteiger partial charge in [-0.05, 0) is 0 Å². The molecule has 14 nitrogen and oxygen atoms in total. The Morgan fingerprint density at radius 1 is 0.778 bits per heavy atom. The smallest absolute Gasteiger partial charge is 0.280 e. The fraction of sp³-hybridized carbons (Fsp3) is 0. The highest BCUT2D eigenvalue weighted by molar-refractivity contribution is 5.78. The SMILES string of the molecule is NN=C(N)NNc1nnc(NNC(N)=NN)nn1. The monoisotopic (exact) mass is 256 g/mol. The van der Waals surface area contributed by atoms with E-state index < -0.39 is 0 Å². The quantitative estimate of drug-likeness (QED) is 0.110. The summed E-state index contributed by atoms with van der Waals surface area (Å²) in [5.74, 6) is 9.73. The molecule has 1 aromatic heterocycles. The lowest BCUT2D eigenvalue weighted by molar-refractivity contribution is 0.829. The Hall–Kier alpha value is -3.32.